The van der Waals surface area contributed by atoms with Crippen molar-refractivity contribution >= 4 is 19.8 Å². The highest BCUT2D eigenvalue weighted by molar-refractivity contribution is 7.52. The number of aryl methyl sites for hydroxylation is 3. The van der Waals surface area contributed by atoms with Crippen LogP contribution in [0, 0.1) is 20.8 Å². The summed E-state index contributed by atoms with van der Waals surface area (Å²) in [5.74, 6) is 1.96. The Labute approximate surface area is 87.0 Å². The van der Waals surface area contributed by atoms with Crippen molar-refractivity contribution in [3.8, 4) is 0 Å². The predicted octanol–water partition coefficient (Wildman–Crippen LogP) is 2.65. The van der Waals surface area contributed by atoms with E-state index in [4.69, 9.17) is 0 Å². The molecule has 0 saturated carbocycles. The van der Waals surface area contributed by atoms with Gasteiger partial charge in [0.15, 0.2) is 0 Å². The number of rotatable bonds is 2. The lowest BCUT2D eigenvalue weighted by molar-refractivity contribution is 0.568. The Kier molecular flexibility index (Phi) is 3.63. The van der Waals surface area contributed by atoms with Gasteiger partial charge in [0.25, 0.3) is 0 Å². The van der Waals surface area contributed by atoms with Gasteiger partial charge < -0.3 is 0 Å². The molecule has 1 atom stereocenters. The Bertz CT molecular complexity index is 378. The van der Waals surface area contributed by atoms with Crippen molar-refractivity contribution in [1.82, 2.24) is 0 Å². The molecule has 0 spiro atoms. The fourth-order valence-corrected chi connectivity index (χ4v) is 2.55. The molecule has 0 bridgehead atoms. The van der Waals surface area contributed by atoms with E-state index >= 15 is 0 Å². The Morgan fingerprint density at radius 3 is 2.14 bits per heavy atom. The standard InChI is InChI=1S/C12H15OP/c1-8-5-9(2)12(10(3)6-8)14-11(4)7-13/h5-6,14H,1-4H3. The van der Waals surface area contributed by atoms with Gasteiger partial charge in [-0.05, 0) is 44.1 Å². The summed E-state index contributed by atoms with van der Waals surface area (Å²) in [6, 6.07) is 4.32. The summed E-state index contributed by atoms with van der Waals surface area (Å²) in [6.07, 6.45) is 0. The van der Waals surface area contributed by atoms with E-state index in [0.29, 0.717) is 8.58 Å². The van der Waals surface area contributed by atoms with Gasteiger partial charge in [-0.2, -0.15) is 0 Å². The zero-order chi connectivity index (χ0) is 10.7. The van der Waals surface area contributed by atoms with Crippen LogP contribution in [0.2, 0.25) is 0 Å². The molecule has 0 aliphatic rings. The second-order valence-electron chi connectivity index (χ2n) is 3.63. The first-order valence-corrected chi connectivity index (χ1v) is 5.61. The molecule has 2 heteroatoms. The fourth-order valence-electron chi connectivity index (χ4n) is 1.59. The first kappa shape index (κ1) is 11.2. The number of hydrogen-bond donors (Lipinski definition) is 0. The van der Waals surface area contributed by atoms with Crippen LogP contribution in [0.3, 0.4) is 0 Å². The molecular formula is C12H15OP. The summed E-state index contributed by atoms with van der Waals surface area (Å²) in [6.45, 7) is 8.13. The third kappa shape index (κ3) is 2.54. The van der Waals surface area contributed by atoms with Crippen LogP contribution in [0.25, 0.3) is 0 Å². The molecule has 0 fully saturated rings. The van der Waals surface area contributed by atoms with E-state index in [0.717, 1.165) is 5.31 Å². The fraction of sp³-hybridized carbons (Fsp3) is 0.333. The third-order valence-electron chi connectivity index (χ3n) is 2.14. The highest BCUT2D eigenvalue weighted by Crippen LogP contribution is 2.24. The van der Waals surface area contributed by atoms with E-state index in [-0.39, 0.29) is 0 Å². The van der Waals surface area contributed by atoms with Crippen LogP contribution in [-0.2, 0) is 4.79 Å². The van der Waals surface area contributed by atoms with Gasteiger partial charge in [-0.1, -0.05) is 26.3 Å². The lowest BCUT2D eigenvalue weighted by atomic mass is 10.1. The van der Waals surface area contributed by atoms with Crippen molar-refractivity contribution in [1.29, 1.82) is 0 Å². The average Bonchev–Trinajstić information content (AvgIpc) is 2.10. The van der Waals surface area contributed by atoms with E-state index in [9.17, 15) is 4.79 Å². The van der Waals surface area contributed by atoms with Crippen molar-refractivity contribution in [3.63, 3.8) is 0 Å². The Morgan fingerprint density at radius 2 is 1.71 bits per heavy atom. The second kappa shape index (κ2) is 4.55. The minimum Gasteiger partial charge on any atom is -0.233 e. The molecule has 14 heavy (non-hydrogen) atoms. The van der Waals surface area contributed by atoms with Crippen molar-refractivity contribution < 1.29 is 4.79 Å². The molecular weight excluding hydrogens is 191 g/mol. The van der Waals surface area contributed by atoms with E-state index in [1.807, 2.05) is 12.9 Å². The molecule has 0 aliphatic carbocycles. The summed E-state index contributed by atoms with van der Waals surface area (Å²) >= 11 is 0. The smallest absolute Gasteiger partial charge is 0.128 e. The molecule has 1 nitrogen and oxygen atoms in total. The summed E-state index contributed by atoms with van der Waals surface area (Å²) in [5, 5.41) is 2.08. The molecule has 0 radical (unpaired) electrons. The first-order valence-electron chi connectivity index (χ1n) is 4.61. The van der Waals surface area contributed by atoms with E-state index in [1.165, 1.54) is 22.0 Å². The largest absolute Gasteiger partial charge is 0.233 e. The van der Waals surface area contributed by atoms with E-state index in [2.05, 4.69) is 32.9 Å². The third-order valence-corrected chi connectivity index (χ3v) is 3.66. The monoisotopic (exact) mass is 206 g/mol. The van der Waals surface area contributed by atoms with Crippen molar-refractivity contribution in [3.05, 3.63) is 34.1 Å². The highest BCUT2D eigenvalue weighted by atomic mass is 31.1. The maximum atomic E-state index is 10.4. The predicted molar refractivity (Wildman–Crippen MR) is 63.5 cm³/mol. The molecule has 0 aliphatic heterocycles. The minimum atomic E-state index is 0.465. The topological polar surface area (TPSA) is 17.1 Å². The molecule has 0 saturated heterocycles. The van der Waals surface area contributed by atoms with Gasteiger partial charge in [0.1, 0.15) is 5.94 Å². The van der Waals surface area contributed by atoms with Crippen molar-refractivity contribution in [2.24, 2.45) is 0 Å². The Balaban J connectivity index is 3.15. The number of carbonyl (C=O) groups excluding carboxylic acids is 1. The van der Waals surface area contributed by atoms with Crippen LogP contribution in [0.15, 0.2) is 17.4 Å². The van der Waals surface area contributed by atoms with Crippen LogP contribution in [-0.4, -0.2) is 5.94 Å². The van der Waals surface area contributed by atoms with Gasteiger partial charge >= 0.3 is 0 Å². The highest BCUT2D eigenvalue weighted by Gasteiger charge is 2.04. The molecule has 0 aromatic heterocycles. The Morgan fingerprint density at radius 1 is 1.21 bits per heavy atom. The molecule has 74 valence electrons. The maximum Gasteiger partial charge on any atom is 0.128 e. The van der Waals surface area contributed by atoms with Crippen LogP contribution in [0.4, 0.5) is 0 Å². The number of allylic oxidation sites excluding steroid dienone is 1. The zero-order valence-corrected chi connectivity index (χ0v) is 10.1. The van der Waals surface area contributed by atoms with Crippen LogP contribution in [0.1, 0.15) is 23.6 Å². The van der Waals surface area contributed by atoms with Gasteiger partial charge in [0, 0.05) is 5.31 Å². The maximum absolute atomic E-state index is 10.4. The van der Waals surface area contributed by atoms with Crippen molar-refractivity contribution in [2.45, 2.75) is 27.7 Å². The lowest BCUT2D eigenvalue weighted by Gasteiger charge is -2.10. The molecule has 0 amide bonds. The average molecular weight is 206 g/mol. The summed E-state index contributed by atoms with van der Waals surface area (Å²) < 4.78 is 0. The van der Waals surface area contributed by atoms with Gasteiger partial charge in [-0.15, -0.1) is 0 Å². The molecule has 0 heterocycles. The normalized spacial score (nSPS) is 10.6. The lowest BCUT2D eigenvalue weighted by Crippen LogP contribution is -2.05. The van der Waals surface area contributed by atoms with Crippen molar-refractivity contribution in [2.75, 3.05) is 0 Å². The van der Waals surface area contributed by atoms with Gasteiger partial charge in [0.2, 0.25) is 0 Å². The first-order chi connectivity index (χ1) is 6.54. The quantitative estimate of drug-likeness (QED) is 0.537. The summed E-state index contributed by atoms with van der Waals surface area (Å²) in [7, 11) is 0.465. The van der Waals surface area contributed by atoms with E-state index in [1.54, 1.807) is 0 Å². The molecule has 0 N–H and O–H groups in total. The zero-order valence-electron chi connectivity index (χ0n) is 9.06. The van der Waals surface area contributed by atoms with Gasteiger partial charge in [0.05, 0.1) is 0 Å². The molecule has 1 aromatic rings. The number of hydrogen-bond acceptors (Lipinski definition) is 1. The van der Waals surface area contributed by atoms with Crippen LogP contribution >= 0.6 is 8.58 Å². The summed E-state index contributed by atoms with van der Waals surface area (Å²) in [5.41, 5.74) is 3.83. The molecule has 1 unspecified atom stereocenters. The Hall–Kier alpha value is -0.900. The van der Waals surface area contributed by atoms with Crippen LogP contribution < -0.4 is 5.30 Å². The summed E-state index contributed by atoms with van der Waals surface area (Å²) in [4.78, 5) is 10.4. The molecule has 1 rings (SSSR count). The van der Waals surface area contributed by atoms with Crippen LogP contribution in [0.5, 0.6) is 0 Å². The second-order valence-corrected chi connectivity index (χ2v) is 5.13. The molecule has 1 aromatic carbocycles. The number of benzene rings is 1. The SMILES string of the molecule is CC(=C=O)Pc1c(C)cc(C)cc1C. The van der Waals surface area contributed by atoms with Gasteiger partial charge in [-0.3, -0.25) is 0 Å². The van der Waals surface area contributed by atoms with E-state index < -0.39 is 0 Å². The minimum absolute atomic E-state index is 0.465. The van der Waals surface area contributed by atoms with Gasteiger partial charge in [-0.25, -0.2) is 4.79 Å².